The van der Waals surface area contributed by atoms with Crippen molar-refractivity contribution in [2.24, 2.45) is 5.41 Å². The van der Waals surface area contributed by atoms with Crippen LogP contribution >= 0.6 is 27.3 Å². The van der Waals surface area contributed by atoms with Gasteiger partial charge in [0.1, 0.15) is 0 Å². The molecule has 0 radical (unpaired) electrons. The molecule has 1 aromatic heterocycles. The van der Waals surface area contributed by atoms with Crippen molar-refractivity contribution in [3.05, 3.63) is 20.8 Å². The Morgan fingerprint density at radius 1 is 1.38 bits per heavy atom. The van der Waals surface area contributed by atoms with Crippen molar-refractivity contribution in [3.8, 4) is 0 Å². The first-order valence-electron chi connectivity index (χ1n) is 8.02. The second kappa shape index (κ2) is 6.69. The molecule has 0 spiro atoms. The van der Waals surface area contributed by atoms with Gasteiger partial charge in [0.05, 0.1) is 0 Å². The Labute approximate surface area is 142 Å². The minimum Gasteiger partial charge on any atom is -0.308 e. The molecule has 1 fully saturated rings. The molecular formula is C17H29BrN2S. The van der Waals surface area contributed by atoms with Gasteiger partial charge in [0, 0.05) is 40.6 Å². The Morgan fingerprint density at radius 3 is 2.52 bits per heavy atom. The molecular weight excluding hydrogens is 344 g/mol. The number of hydrogen-bond acceptors (Lipinski definition) is 3. The molecule has 0 aliphatic carbocycles. The van der Waals surface area contributed by atoms with Gasteiger partial charge in [-0.05, 0) is 45.6 Å². The van der Waals surface area contributed by atoms with E-state index in [-0.39, 0.29) is 5.54 Å². The molecule has 0 saturated carbocycles. The molecule has 1 N–H and O–H groups in total. The molecule has 2 heterocycles. The lowest BCUT2D eigenvalue weighted by Crippen LogP contribution is -2.66. The second-order valence-corrected chi connectivity index (χ2v) is 9.20. The first-order chi connectivity index (χ1) is 9.81. The Kier molecular flexibility index (Phi) is 5.56. The van der Waals surface area contributed by atoms with Crippen LogP contribution in [0.4, 0.5) is 0 Å². The molecule has 2 nitrogen and oxygen atoms in total. The molecule has 1 saturated heterocycles. The maximum atomic E-state index is 3.86. The molecule has 4 heteroatoms. The monoisotopic (exact) mass is 372 g/mol. The Hall–Kier alpha value is 0.1000. The third kappa shape index (κ3) is 3.90. The Bertz CT molecular complexity index is 460. The van der Waals surface area contributed by atoms with Gasteiger partial charge in [0.25, 0.3) is 0 Å². The lowest BCUT2D eigenvalue weighted by atomic mass is 9.80. The third-order valence-electron chi connectivity index (χ3n) is 5.01. The summed E-state index contributed by atoms with van der Waals surface area (Å²) in [6, 6.07) is 2.75. The van der Waals surface area contributed by atoms with E-state index in [0.29, 0.717) is 11.5 Å². The molecule has 1 unspecified atom stereocenters. The summed E-state index contributed by atoms with van der Waals surface area (Å²) in [5.41, 5.74) is 0.579. The van der Waals surface area contributed by atoms with Crippen LogP contribution in [0.2, 0.25) is 0 Å². The van der Waals surface area contributed by atoms with Crippen molar-refractivity contribution in [3.63, 3.8) is 0 Å². The first-order valence-corrected chi connectivity index (χ1v) is 9.69. The number of halogens is 1. The van der Waals surface area contributed by atoms with Crippen LogP contribution in [0.1, 0.15) is 52.3 Å². The van der Waals surface area contributed by atoms with E-state index in [1.165, 1.54) is 22.2 Å². The third-order valence-corrected chi connectivity index (χ3v) is 6.92. The summed E-state index contributed by atoms with van der Waals surface area (Å²) in [7, 11) is 0. The van der Waals surface area contributed by atoms with E-state index in [1.807, 2.05) is 11.3 Å². The van der Waals surface area contributed by atoms with Crippen molar-refractivity contribution in [1.29, 1.82) is 0 Å². The lowest BCUT2D eigenvalue weighted by molar-refractivity contribution is 0.0136. The normalized spacial score (nSPS) is 23.4. The van der Waals surface area contributed by atoms with Gasteiger partial charge in [0.15, 0.2) is 0 Å². The van der Waals surface area contributed by atoms with Crippen LogP contribution in [-0.2, 0) is 6.54 Å². The van der Waals surface area contributed by atoms with Crippen LogP contribution in [0.5, 0.6) is 0 Å². The minimum absolute atomic E-state index is 0.283. The average Bonchev–Trinajstić information content (AvgIpc) is 2.83. The molecule has 0 aromatic carbocycles. The lowest BCUT2D eigenvalue weighted by Gasteiger charge is -2.51. The number of nitrogens with zero attached hydrogens (tertiary/aromatic N) is 1. The Balaban J connectivity index is 2.23. The predicted octanol–water partition coefficient (Wildman–Crippen LogP) is 4.89. The number of hydrogen-bond donors (Lipinski definition) is 1. The quantitative estimate of drug-likeness (QED) is 0.808. The van der Waals surface area contributed by atoms with Gasteiger partial charge in [-0.25, -0.2) is 0 Å². The fourth-order valence-electron chi connectivity index (χ4n) is 3.36. The number of thiophene rings is 1. The van der Waals surface area contributed by atoms with E-state index in [9.17, 15) is 0 Å². The molecule has 0 bridgehead atoms. The van der Waals surface area contributed by atoms with Crippen molar-refractivity contribution < 1.29 is 0 Å². The van der Waals surface area contributed by atoms with Gasteiger partial charge >= 0.3 is 0 Å². The summed E-state index contributed by atoms with van der Waals surface area (Å²) in [5, 5.41) is 6.04. The highest BCUT2D eigenvalue weighted by Gasteiger charge is 2.41. The minimum atomic E-state index is 0.283. The van der Waals surface area contributed by atoms with E-state index >= 15 is 0 Å². The van der Waals surface area contributed by atoms with Gasteiger partial charge in [0.2, 0.25) is 0 Å². The summed E-state index contributed by atoms with van der Waals surface area (Å²) in [6.45, 7) is 15.0. The molecule has 1 aromatic rings. The van der Waals surface area contributed by atoms with Gasteiger partial charge < -0.3 is 5.32 Å². The van der Waals surface area contributed by atoms with Crippen molar-refractivity contribution in [1.82, 2.24) is 10.2 Å². The highest BCUT2D eigenvalue weighted by Crippen LogP contribution is 2.34. The summed E-state index contributed by atoms with van der Waals surface area (Å²) in [5.74, 6) is 0. The summed E-state index contributed by atoms with van der Waals surface area (Å²) >= 11 is 5.56. The van der Waals surface area contributed by atoms with Gasteiger partial charge in [-0.2, -0.15) is 0 Å². The van der Waals surface area contributed by atoms with Gasteiger partial charge in [-0.1, -0.05) is 34.6 Å². The van der Waals surface area contributed by atoms with Crippen LogP contribution in [-0.4, -0.2) is 29.6 Å². The highest BCUT2D eigenvalue weighted by molar-refractivity contribution is 9.10. The molecule has 120 valence electrons. The summed E-state index contributed by atoms with van der Waals surface area (Å²) in [6.07, 6.45) is 2.39. The first kappa shape index (κ1) is 17.5. The van der Waals surface area contributed by atoms with Crippen molar-refractivity contribution in [2.45, 2.75) is 65.6 Å². The van der Waals surface area contributed by atoms with Crippen LogP contribution in [0.3, 0.4) is 0 Å². The molecule has 21 heavy (non-hydrogen) atoms. The van der Waals surface area contributed by atoms with Crippen LogP contribution in [0, 0.1) is 5.41 Å². The van der Waals surface area contributed by atoms with Crippen molar-refractivity contribution in [2.75, 3.05) is 13.1 Å². The van der Waals surface area contributed by atoms with E-state index in [4.69, 9.17) is 0 Å². The standard InChI is InChI=1S/C17H29BrN2S/c1-6-17(7-2)12-20(11-14-13(18)8-9-21-14)15(10-19-17)16(3,4)5/h8-9,15,19H,6-7,10-12H2,1-5H3. The molecule has 1 atom stereocenters. The molecule has 1 aliphatic heterocycles. The van der Waals surface area contributed by atoms with E-state index in [2.05, 4.69) is 72.2 Å². The number of piperazine rings is 1. The second-order valence-electron chi connectivity index (χ2n) is 7.35. The van der Waals surface area contributed by atoms with Gasteiger partial charge in [-0.15, -0.1) is 11.3 Å². The average molecular weight is 373 g/mol. The Morgan fingerprint density at radius 2 is 2.05 bits per heavy atom. The molecule has 1 aliphatic rings. The van der Waals surface area contributed by atoms with E-state index in [1.54, 1.807) is 0 Å². The van der Waals surface area contributed by atoms with Crippen LogP contribution < -0.4 is 5.32 Å². The number of rotatable bonds is 4. The van der Waals surface area contributed by atoms with E-state index < -0.39 is 0 Å². The maximum absolute atomic E-state index is 3.86. The highest BCUT2D eigenvalue weighted by atomic mass is 79.9. The maximum Gasteiger partial charge on any atom is 0.0343 e. The zero-order valence-electron chi connectivity index (χ0n) is 14.0. The summed E-state index contributed by atoms with van der Waals surface area (Å²) in [4.78, 5) is 4.16. The van der Waals surface area contributed by atoms with Crippen LogP contribution in [0.25, 0.3) is 0 Å². The van der Waals surface area contributed by atoms with Gasteiger partial charge in [-0.3, -0.25) is 4.90 Å². The number of nitrogens with one attached hydrogen (secondary N) is 1. The predicted molar refractivity (Wildman–Crippen MR) is 97.0 cm³/mol. The summed E-state index contributed by atoms with van der Waals surface area (Å²) < 4.78 is 1.26. The van der Waals surface area contributed by atoms with E-state index in [0.717, 1.165) is 19.6 Å². The fourth-order valence-corrected chi connectivity index (χ4v) is 4.87. The van der Waals surface area contributed by atoms with Crippen LogP contribution in [0.15, 0.2) is 15.9 Å². The molecule has 0 amide bonds. The zero-order valence-corrected chi connectivity index (χ0v) is 16.4. The largest absolute Gasteiger partial charge is 0.308 e. The zero-order chi connectivity index (χ0) is 15.7. The van der Waals surface area contributed by atoms with Crippen molar-refractivity contribution >= 4 is 27.3 Å². The smallest absolute Gasteiger partial charge is 0.0343 e. The fraction of sp³-hybridized carbons (Fsp3) is 0.765. The molecule has 2 rings (SSSR count). The SMILES string of the molecule is CCC1(CC)CN(Cc2sccc2Br)C(C(C)(C)C)CN1. The topological polar surface area (TPSA) is 15.3 Å².